The zero-order valence-corrected chi connectivity index (χ0v) is 13.3. The average Bonchev–Trinajstić information content (AvgIpc) is 3.11. The molecular formula is C18H18N2O4. The molecule has 0 spiro atoms. The van der Waals surface area contributed by atoms with Gasteiger partial charge < -0.3 is 9.73 Å². The third-order valence-corrected chi connectivity index (χ3v) is 4.51. The summed E-state index contributed by atoms with van der Waals surface area (Å²) in [5.41, 5.74) is 0.752. The van der Waals surface area contributed by atoms with Gasteiger partial charge in [0.2, 0.25) is 11.8 Å². The lowest BCUT2D eigenvalue weighted by molar-refractivity contribution is -0.138. The van der Waals surface area contributed by atoms with Crippen molar-refractivity contribution in [3.05, 3.63) is 54.0 Å². The summed E-state index contributed by atoms with van der Waals surface area (Å²) in [7, 11) is 0. The fourth-order valence-corrected chi connectivity index (χ4v) is 3.04. The minimum atomic E-state index is -0.697. The van der Waals surface area contributed by atoms with Crippen LogP contribution in [0.3, 0.4) is 0 Å². The summed E-state index contributed by atoms with van der Waals surface area (Å²) in [6, 6.07) is 10.4. The summed E-state index contributed by atoms with van der Waals surface area (Å²) >= 11 is 0. The molecule has 0 aliphatic carbocycles. The number of carbonyl (C=O) groups is 3. The third kappa shape index (κ3) is 2.82. The standard InChI is InChI=1S/C18H18N2O4/c1-2-18(10-9-15(21)20-17(18)23)12-5-7-13(8-6-12)19-16(22)14-4-3-11-24-14/h3-8,11H,2,9-10H2,1H3,(H,19,22)(H,20,21,23)/t18-/m1/s1. The van der Waals surface area contributed by atoms with Crippen LogP contribution in [0.5, 0.6) is 0 Å². The van der Waals surface area contributed by atoms with E-state index in [0.717, 1.165) is 5.56 Å². The summed E-state index contributed by atoms with van der Waals surface area (Å²) in [4.78, 5) is 35.7. The first-order valence-corrected chi connectivity index (χ1v) is 7.85. The van der Waals surface area contributed by atoms with Crippen LogP contribution in [0.1, 0.15) is 42.3 Å². The van der Waals surface area contributed by atoms with Gasteiger partial charge in [0.05, 0.1) is 11.7 Å². The Kier molecular flexibility index (Phi) is 4.20. The van der Waals surface area contributed by atoms with Gasteiger partial charge in [-0.25, -0.2) is 0 Å². The third-order valence-electron chi connectivity index (χ3n) is 4.51. The molecule has 6 heteroatoms. The molecule has 1 aromatic heterocycles. The van der Waals surface area contributed by atoms with Crippen LogP contribution in [0, 0.1) is 0 Å². The van der Waals surface area contributed by atoms with E-state index in [0.29, 0.717) is 24.9 Å². The van der Waals surface area contributed by atoms with E-state index in [1.54, 1.807) is 24.3 Å². The predicted molar refractivity (Wildman–Crippen MR) is 87.5 cm³/mol. The van der Waals surface area contributed by atoms with Crippen molar-refractivity contribution in [2.75, 3.05) is 5.32 Å². The van der Waals surface area contributed by atoms with Crippen LogP contribution in [-0.4, -0.2) is 17.7 Å². The Morgan fingerprint density at radius 3 is 2.58 bits per heavy atom. The monoisotopic (exact) mass is 326 g/mol. The van der Waals surface area contributed by atoms with Crippen LogP contribution in [0.2, 0.25) is 0 Å². The number of piperidine rings is 1. The van der Waals surface area contributed by atoms with Gasteiger partial charge in [-0.2, -0.15) is 0 Å². The first kappa shape index (κ1) is 16.0. The number of amides is 3. The molecule has 0 saturated carbocycles. The smallest absolute Gasteiger partial charge is 0.291 e. The Balaban J connectivity index is 1.79. The van der Waals surface area contributed by atoms with E-state index < -0.39 is 5.41 Å². The Hall–Kier alpha value is -2.89. The van der Waals surface area contributed by atoms with Crippen molar-refractivity contribution in [1.82, 2.24) is 5.32 Å². The molecule has 2 aromatic rings. The minimum Gasteiger partial charge on any atom is -0.459 e. The zero-order chi connectivity index (χ0) is 17.2. The molecule has 2 N–H and O–H groups in total. The van der Waals surface area contributed by atoms with Gasteiger partial charge in [-0.05, 0) is 42.7 Å². The van der Waals surface area contributed by atoms with Crippen LogP contribution < -0.4 is 10.6 Å². The maximum atomic E-state index is 12.4. The van der Waals surface area contributed by atoms with Crippen molar-refractivity contribution >= 4 is 23.4 Å². The Morgan fingerprint density at radius 1 is 1.25 bits per heavy atom. The fourth-order valence-electron chi connectivity index (χ4n) is 3.04. The summed E-state index contributed by atoms with van der Waals surface area (Å²) in [6.07, 6.45) is 2.86. The number of hydrogen-bond donors (Lipinski definition) is 2. The maximum Gasteiger partial charge on any atom is 0.291 e. The summed E-state index contributed by atoms with van der Waals surface area (Å²) < 4.78 is 5.05. The second-order valence-electron chi connectivity index (χ2n) is 5.82. The number of carbonyl (C=O) groups excluding carboxylic acids is 3. The Bertz CT molecular complexity index is 765. The number of rotatable bonds is 4. The van der Waals surface area contributed by atoms with E-state index in [9.17, 15) is 14.4 Å². The molecule has 3 rings (SSSR count). The molecule has 1 aliphatic rings. The lowest BCUT2D eigenvalue weighted by atomic mass is 9.72. The second kappa shape index (κ2) is 6.31. The van der Waals surface area contributed by atoms with Gasteiger partial charge in [0.25, 0.3) is 5.91 Å². The van der Waals surface area contributed by atoms with Crippen molar-refractivity contribution in [3.63, 3.8) is 0 Å². The van der Waals surface area contributed by atoms with E-state index in [2.05, 4.69) is 10.6 Å². The first-order valence-electron chi connectivity index (χ1n) is 7.85. The normalized spacial score (nSPS) is 20.5. The molecule has 1 fully saturated rings. The van der Waals surface area contributed by atoms with Gasteiger partial charge in [-0.1, -0.05) is 19.1 Å². The van der Waals surface area contributed by atoms with Crippen molar-refractivity contribution in [2.24, 2.45) is 0 Å². The first-order chi connectivity index (χ1) is 11.5. The quantitative estimate of drug-likeness (QED) is 0.845. The molecule has 1 atom stereocenters. The maximum absolute atomic E-state index is 12.4. The number of hydrogen-bond acceptors (Lipinski definition) is 4. The molecule has 1 aliphatic heterocycles. The molecule has 1 saturated heterocycles. The summed E-state index contributed by atoms with van der Waals surface area (Å²) in [5.74, 6) is -0.590. The molecule has 6 nitrogen and oxygen atoms in total. The number of imide groups is 1. The molecule has 2 heterocycles. The highest BCUT2D eigenvalue weighted by Crippen LogP contribution is 2.36. The van der Waals surface area contributed by atoms with Crippen molar-refractivity contribution in [1.29, 1.82) is 0 Å². The highest BCUT2D eigenvalue weighted by Gasteiger charge is 2.42. The second-order valence-corrected chi connectivity index (χ2v) is 5.82. The van der Waals surface area contributed by atoms with Crippen LogP contribution in [0.25, 0.3) is 0 Å². The SMILES string of the molecule is CC[C@]1(c2ccc(NC(=O)c3ccco3)cc2)CCC(=O)NC1=O. The number of benzene rings is 1. The molecule has 0 bridgehead atoms. The Labute approximate surface area is 139 Å². The van der Waals surface area contributed by atoms with Crippen LogP contribution in [0.4, 0.5) is 5.69 Å². The van der Waals surface area contributed by atoms with Crippen molar-refractivity contribution in [3.8, 4) is 0 Å². The van der Waals surface area contributed by atoms with Gasteiger partial charge in [0.1, 0.15) is 0 Å². The van der Waals surface area contributed by atoms with Crippen LogP contribution in [-0.2, 0) is 15.0 Å². The lowest BCUT2D eigenvalue weighted by Gasteiger charge is -2.35. The molecule has 0 radical (unpaired) electrons. The van der Waals surface area contributed by atoms with Crippen LogP contribution in [0.15, 0.2) is 47.1 Å². The molecule has 0 unspecified atom stereocenters. The molecule has 24 heavy (non-hydrogen) atoms. The van der Waals surface area contributed by atoms with Crippen molar-refractivity contribution < 1.29 is 18.8 Å². The summed E-state index contributed by atoms with van der Waals surface area (Å²) in [6.45, 7) is 1.93. The highest BCUT2D eigenvalue weighted by atomic mass is 16.3. The molecule has 3 amide bonds. The fraction of sp³-hybridized carbons (Fsp3) is 0.278. The van der Waals surface area contributed by atoms with E-state index >= 15 is 0 Å². The predicted octanol–water partition coefficient (Wildman–Crippen LogP) is 2.62. The average molecular weight is 326 g/mol. The molecule has 1 aromatic carbocycles. The van der Waals surface area contributed by atoms with Gasteiger partial charge in [0, 0.05) is 12.1 Å². The Morgan fingerprint density at radius 2 is 2.00 bits per heavy atom. The topological polar surface area (TPSA) is 88.4 Å². The zero-order valence-electron chi connectivity index (χ0n) is 13.3. The van der Waals surface area contributed by atoms with Gasteiger partial charge in [-0.3, -0.25) is 19.7 Å². The van der Waals surface area contributed by atoms with E-state index in [1.165, 1.54) is 6.26 Å². The van der Waals surface area contributed by atoms with E-state index in [-0.39, 0.29) is 23.5 Å². The summed E-state index contributed by atoms with van der Waals surface area (Å²) in [5, 5.41) is 5.16. The molecular weight excluding hydrogens is 308 g/mol. The van der Waals surface area contributed by atoms with Gasteiger partial charge in [-0.15, -0.1) is 0 Å². The van der Waals surface area contributed by atoms with E-state index in [1.807, 2.05) is 19.1 Å². The minimum absolute atomic E-state index is 0.230. The highest BCUT2D eigenvalue weighted by molar-refractivity contribution is 6.04. The van der Waals surface area contributed by atoms with Crippen LogP contribution >= 0.6 is 0 Å². The van der Waals surface area contributed by atoms with Gasteiger partial charge in [0.15, 0.2) is 5.76 Å². The number of furan rings is 1. The largest absolute Gasteiger partial charge is 0.459 e. The van der Waals surface area contributed by atoms with E-state index in [4.69, 9.17) is 4.42 Å². The van der Waals surface area contributed by atoms with Crippen molar-refractivity contribution in [2.45, 2.75) is 31.6 Å². The lowest BCUT2D eigenvalue weighted by Crippen LogP contribution is -2.51. The number of nitrogens with one attached hydrogen (secondary N) is 2. The van der Waals surface area contributed by atoms with Gasteiger partial charge >= 0.3 is 0 Å². The molecule has 124 valence electrons. The number of anilines is 1.